The van der Waals surface area contributed by atoms with Crippen LogP contribution in [-0.4, -0.2) is 25.8 Å². The van der Waals surface area contributed by atoms with Crippen molar-refractivity contribution in [1.29, 1.82) is 0 Å². The van der Waals surface area contributed by atoms with Gasteiger partial charge in [0.2, 0.25) is 7.41 Å². The third kappa shape index (κ3) is 0.746. The van der Waals surface area contributed by atoms with Crippen LogP contribution in [0.4, 0.5) is 0 Å². The molecule has 0 saturated carbocycles. The zero-order valence-electron chi connectivity index (χ0n) is 4.28. The molecular formula is C4H10BN. The molecule has 0 aromatic heterocycles. The second-order valence-electron chi connectivity index (χ2n) is 2.01. The fourth-order valence-electron chi connectivity index (χ4n) is 0.875. The Hall–Kier alpha value is 0.0249. The van der Waals surface area contributed by atoms with E-state index < -0.39 is 0 Å². The molecule has 1 saturated heterocycles. The molecule has 1 nitrogen and oxygen atoms in total. The molecule has 0 atom stereocenters. The van der Waals surface area contributed by atoms with Gasteiger partial charge in [0.05, 0.1) is 0 Å². The largest absolute Gasteiger partial charge is 0.348 e. The van der Waals surface area contributed by atoms with E-state index in [2.05, 4.69) is 11.9 Å². The van der Waals surface area contributed by atoms with Crippen LogP contribution in [0.25, 0.3) is 0 Å². The van der Waals surface area contributed by atoms with Crippen molar-refractivity contribution >= 4 is 7.41 Å². The summed E-state index contributed by atoms with van der Waals surface area (Å²) in [7, 11) is 3.49. The van der Waals surface area contributed by atoms with E-state index in [1.807, 2.05) is 0 Å². The molecule has 0 radical (unpaired) electrons. The van der Waals surface area contributed by atoms with Crippen molar-refractivity contribution in [2.75, 3.05) is 13.6 Å². The number of rotatable bonds is 0. The zero-order chi connectivity index (χ0) is 4.41. The molecule has 1 heterocycles. The van der Waals surface area contributed by atoms with Gasteiger partial charge in [0.1, 0.15) is 0 Å². The van der Waals surface area contributed by atoms with Gasteiger partial charge in [0.15, 0.2) is 0 Å². The normalized spacial score (nSPS) is 24.2. The lowest BCUT2D eigenvalue weighted by Gasteiger charge is -2.00. The van der Waals surface area contributed by atoms with Crippen molar-refractivity contribution < 1.29 is 0 Å². The van der Waals surface area contributed by atoms with Crippen LogP contribution in [0.2, 0.25) is 6.32 Å². The molecule has 0 aromatic carbocycles. The Morgan fingerprint density at radius 2 is 2.50 bits per heavy atom. The molecule has 34 valence electrons. The van der Waals surface area contributed by atoms with Crippen LogP contribution >= 0.6 is 0 Å². The van der Waals surface area contributed by atoms with Crippen molar-refractivity contribution in [3.05, 3.63) is 0 Å². The third-order valence-corrected chi connectivity index (χ3v) is 1.33. The van der Waals surface area contributed by atoms with E-state index in [-0.39, 0.29) is 0 Å². The first-order chi connectivity index (χ1) is 2.89. The highest BCUT2D eigenvalue weighted by Crippen LogP contribution is 2.00. The topological polar surface area (TPSA) is 3.24 Å². The van der Waals surface area contributed by atoms with Gasteiger partial charge < -0.3 is 4.81 Å². The molecule has 1 aliphatic heterocycles. The van der Waals surface area contributed by atoms with Gasteiger partial charge in [-0.25, -0.2) is 0 Å². The molecule has 0 N–H and O–H groups in total. The first kappa shape index (κ1) is 4.19. The minimum absolute atomic E-state index is 1.32. The Balaban J connectivity index is 2.18. The minimum atomic E-state index is 1.32. The van der Waals surface area contributed by atoms with Crippen molar-refractivity contribution in [3.63, 3.8) is 0 Å². The maximum atomic E-state index is 2.36. The van der Waals surface area contributed by atoms with Crippen molar-refractivity contribution in [2.24, 2.45) is 0 Å². The highest BCUT2D eigenvalue weighted by atomic mass is 15.0. The predicted octanol–water partition coefficient (Wildman–Crippen LogP) is 0.0917. The Labute approximate surface area is 39.6 Å². The van der Waals surface area contributed by atoms with E-state index in [0.717, 1.165) is 0 Å². The Morgan fingerprint density at radius 3 is 2.67 bits per heavy atom. The van der Waals surface area contributed by atoms with Crippen molar-refractivity contribution in [1.82, 2.24) is 4.81 Å². The summed E-state index contributed by atoms with van der Waals surface area (Å²) in [6.45, 7) is 1.32. The lowest BCUT2D eigenvalue weighted by molar-refractivity contribution is 0.574. The van der Waals surface area contributed by atoms with E-state index in [9.17, 15) is 0 Å². The summed E-state index contributed by atoms with van der Waals surface area (Å²) in [4.78, 5) is 2.36. The van der Waals surface area contributed by atoms with E-state index in [0.29, 0.717) is 0 Å². The number of hydrogen-bond acceptors (Lipinski definition) is 1. The molecule has 0 aromatic rings. The monoisotopic (exact) mass is 83.1 g/mol. The van der Waals surface area contributed by atoms with Crippen LogP contribution < -0.4 is 0 Å². The Kier molecular flexibility index (Phi) is 1.15. The molecule has 0 bridgehead atoms. The van der Waals surface area contributed by atoms with Crippen LogP contribution in [0.15, 0.2) is 0 Å². The molecule has 1 aliphatic rings. The van der Waals surface area contributed by atoms with Crippen LogP contribution in [-0.2, 0) is 0 Å². The number of hydrogen-bond donors (Lipinski definition) is 0. The van der Waals surface area contributed by atoms with Gasteiger partial charge in [0.25, 0.3) is 0 Å². The Bertz CT molecular complexity index is 40.8. The standard InChI is InChI=1S/C4H10BN/c1-6-4-2-3-5-6/h5H,2-4H2,1H3. The van der Waals surface area contributed by atoms with Gasteiger partial charge in [-0.05, 0) is 20.0 Å². The summed E-state index contributed by atoms with van der Waals surface area (Å²) in [6.07, 6.45) is 2.83. The van der Waals surface area contributed by atoms with Gasteiger partial charge in [-0.15, -0.1) is 0 Å². The van der Waals surface area contributed by atoms with Gasteiger partial charge >= 0.3 is 0 Å². The molecule has 6 heavy (non-hydrogen) atoms. The molecule has 1 fully saturated rings. The predicted molar refractivity (Wildman–Crippen MR) is 29.2 cm³/mol. The summed E-state index contributed by atoms with van der Waals surface area (Å²) in [6, 6.07) is 0. The maximum absolute atomic E-state index is 2.36. The van der Waals surface area contributed by atoms with Crippen LogP contribution in [0.1, 0.15) is 6.42 Å². The third-order valence-electron chi connectivity index (χ3n) is 1.33. The molecule has 0 amide bonds. The van der Waals surface area contributed by atoms with Crippen LogP contribution in [0.3, 0.4) is 0 Å². The second-order valence-corrected chi connectivity index (χ2v) is 2.01. The lowest BCUT2D eigenvalue weighted by atomic mass is 9.92. The first-order valence-electron chi connectivity index (χ1n) is 2.58. The summed E-state index contributed by atoms with van der Waals surface area (Å²) >= 11 is 0. The molecule has 1 rings (SSSR count). The minimum Gasteiger partial charge on any atom is -0.348 e. The molecule has 0 unspecified atom stereocenters. The highest BCUT2D eigenvalue weighted by molar-refractivity contribution is 6.32. The summed E-state index contributed by atoms with van der Waals surface area (Å²) < 4.78 is 0. The molecule has 0 spiro atoms. The Morgan fingerprint density at radius 1 is 1.67 bits per heavy atom. The maximum Gasteiger partial charge on any atom is 0.203 e. The van der Waals surface area contributed by atoms with E-state index in [1.165, 1.54) is 26.7 Å². The lowest BCUT2D eigenvalue weighted by Crippen LogP contribution is -2.14. The van der Waals surface area contributed by atoms with Crippen molar-refractivity contribution in [2.45, 2.75) is 12.7 Å². The van der Waals surface area contributed by atoms with Crippen LogP contribution in [0.5, 0.6) is 0 Å². The average Bonchev–Trinajstić information content (AvgIpc) is 1.86. The van der Waals surface area contributed by atoms with Gasteiger partial charge in [-0.1, -0.05) is 6.32 Å². The summed E-state index contributed by atoms with van der Waals surface area (Å²) in [5, 5.41) is 0. The molecule has 0 aliphatic carbocycles. The highest BCUT2D eigenvalue weighted by Gasteiger charge is 2.05. The van der Waals surface area contributed by atoms with E-state index in [4.69, 9.17) is 0 Å². The first-order valence-corrected chi connectivity index (χ1v) is 2.58. The fraction of sp³-hybridized carbons (Fsp3) is 1.00. The second kappa shape index (κ2) is 1.65. The van der Waals surface area contributed by atoms with E-state index in [1.54, 1.807) is 0 Å². The summed E-state index contributed by atoms with van der Waals surface area (Å²) in [5.41, 5.74) is 0. The molecular weight excluding hydrogens is 72.9 g/mol. The SMILES string of the molecule is CN1BCCC1. The van der Waals surface area contributed by atoms with Gasteiger partial charge in [-0.2, -0.15) is 0 Å². The zero-order valence-corrected chi connectivity index (χ0v) is 4.28. The molecule has 2 heteroatoms. The van der Waals surface area contributed by atoms with Gasteiger partial charge in [0, 0.05) is 0 Å². The quantitative estimate of drug-likeness (QED) is 0.375. The number of nitrogens with zero attached hydrogens (tertiary/aromatic N) is 1. The van der Waals surface area contributed by atoms with E-state index >= 15 is 0 Å². The fourth-order valence-corrected chi connectivity index (χ4v) is 0.875. The summed E-state index contributed by atoms with van der Waals surface area (Å²) in [5.74, 6) is 0. The smallest absolute Gasteiger partial charge is 0.203 e. The van der Waals surface area contributed by atoms with Crippen LogP contribution in [0, 0.1) is 0 Å². The van der Waals surface area contributed by atoms with Gasteiger partial charge in [-0.3, -0.25) is 0 Å². The average molecular weight is 82.9 g/mol. The van der Waals surface area contributed by atoms with Crippen molar-refractivity contribution in [3.8, 4) is 0 Å².